The van der Waals surface area contributed by atoms with E-state index in [4.69, 9.17) is 11.6 Å². The predicted octanol–water partition coefficient (Wildman–Crippen LogP) is 3.71. The summed E-state index contributed by atoms with van der Waals surface area (Å²) in [5.74, 6) is 1.23. The van der Waals surface area contributed by atoms with Gasteiger partial charge >= 0.3 is 0 Å². The topological polar surface area (TPSA) is 93.9 Å². The molecule has 1 aliphatic rings. The molecule has 0 spiro atoms. The number of hydrazone groups is 1. The van der Waals surface area contributed by atoms with Crippen LogP contribution in [0.25, 0.3) is 5.57 Å². The molecular weight excluding hydrogens is 402 g/mol. The molecule has 0 amide bonds. The lowest BCUT2D eigenvalue weighted by Gasteiger charge is -2.25. The summed E-state index contributed by atoms with van der Waals surface area (Å²) in [5.41, 5.74) is 5.36. The molecule has 7 nitrogen and oxygen atoms in total. The molecule has 2 heterocycles. The van der Waals surface area contributed by atoms with Crippen molar-refractivity contribution in [3.05, 3.63) is 53.6 Å². The fourth-order valence-electron chi connectivity index (χ4n) is 2.87. The first-order valence-electron chi connectivity index (χ1n) is 9.65. The quantitative estimate of drug-likeness (QED) is 0.144. The number of nitrogens with one attached hydrogen (secondary N) is 1. The average Bonchev–Trinajstić information content (AvgIpc) is 3.20. The van der Waals surface area contributed by atoms with Gasteiger partial charge in [-0.15, -0.1) is 24.4 Å². The van der Waals surface area contributed by atoms with Gasteiger partial charge in [0.05, 0.1) is 17.6 Å². The number of terminal acetylenes is 1. The molecule has 3 N–H and O–H groups in total. The molecule has 0 aromatic carbocycles. The maximum atomic E-state index is 9.92. The first-order valence-corrected chi connectivity index (χ1v) is 10.2. The highest BCUT2D eigenvalue weighted by Gasteiger charge is 2.25. The smallest absolute Gasteiger partial charge is 0.128 e. The van der Waals surface area contributed by atoms with E-state index in [1.54, 1.807) is 25.3 Å². The Labute approximate surface area is 184 Å². The van der Waals surface area contributed by atoms with Gasteiger partial charge in [-0.3, -0.25) is 5.43 Å². The van der Waals surface area contributed by atoms with E-state index in [0.29, 0.717) is 31.8 Å². The molecule has 0 saturated carbocycles. The van der Waals surface area contributed by atoms with Crippen LogP contribution in [0.1, 0.15) is 39.3 Å². The molecule has 30 heavy (non-hydrogen) atoms. The average molecular weight is 434 g/mol. The van der Waals surface area contributed by atoms with Crippen molar-refractivity contribution in [1.29, 1.82) is 0 Å². The Bertz CT molecular complexity index is 740. The van der Waals surface area contributed by atoms with Crippen LogP contribution >= 0.6 is 11.6 Å². The molecule has 1 saturated heterocycles. The molecule has 0 aliphatic carbocycles. The third-order valence-electron chi connectivity index (χ3n) is 3.96. The number of likely N-dealkylation sites (tertiary alicyclic amines) is 1. The number of hydrogen-bond donors (Lipinski definition) is 3. The monoisotopic (exact) mass is 433 g/mol. The summed E-state index contributed by atoms with van der Waals surface area (Å²) in [7, 11) is 0. The highest BCUT2D eigenvalue weighted by atomic mass is 35.5. The number of β-amino-alcohol motifs (C(OH)–C–C–N with tert-alkyl or cyclic N) is 1. The van der Waals surface area contributed by atoms with Crippen LogP contribution in [0.4, 0.5) is 0 Å². The number of aliphatic hydroxyl groups excluding tert-OH is 2. The largest absolute Gasteiger partial charge is 0.513 e. The third kappa shape index (κ3) is 9.12. The normalized spacial score (nSPS) is 17.0. The third-order valence-corrected chi connectivity index (χ3v) is 4.11. The van der Waals surface area contributed by atoms with E-state index < -0.39 is 0 Å². The number of hydrogen-bond acceptors (Lipinski definition) is 7. The number of halogens is 1. The molecule has 8 heteroatoms. The lowest BCUT2D eigenvalue weighted by atomic mass is 10.0. The van der Waals surface area contributed by atoms with Crippen LogP contribution in [-0.2, 0) is 0 Å². The maximum Gasteiger partial charge on any atom is 0.128 e. The second kappa shape index (κ2) is 16.0. The number of allylic oxidation sites excluding steroid dienone is 5. The first kappa shape index (κ1) is 27.2. The Balaban J connectivity index is 0.00000198. The number of rotatable bonds is 8. The molecular formula is C22H32ClN5O2. The minimum atomic E-state index is -0.388. The number of aromatic nitrogens is 2. The van der Waals surface area contributed by atoms with Crippen LogP contribution in [0.15, 0.2) is 53.0 Å². The Hall–Kier alpha value is -2.82. The van der Waals surface area contributed by atoms with Crippen molar-refractivity contribution in [2.45, 2.75) is 39.7 Å². The summed E-state index contributed by atoms with van der Waals surface area (Å²) in [6, 6.07) is 1.81. The molecule has 164 valence electrons. The van der Waals surface area contributed by atoms with Gasteiger partial charge < -0.3 is 15.1 Å². The van der Waals surface area contributed by atoms with Gasteiger partial charge in [-0.1, -0.05) is 19.9 Å². The van der Waals surface area contributed by atoms with Gasteiger partial charge in [0.25, 0.3) is 0 Å². The zero-order chi connectivity index (χ0) is 22.9. The molecule has 1 atom stereocenters. The molecule has 0 radical (unpaired) electrons. The highest BCUT2D eigenvalue weighted by Crippen LogP contribution is 2.28. The molecule has 1 aliphatic heterocycles. The predicted molar refractivity (Wildman–Crippen MR) is 125 cm³/mol. The van der Waals surface area contributed by atoms with Crippen molar-refractivity contribution in [2.75, 3.05) is 19.0 Å². The van der Waals surface area contributed by atoms with Gasteiger partial charge in [0.2, 0.25) is 0 Å². The lowest BCUT2D eigenvalue weighted by molar-refractivity contribution is 0.182. The van der Waals surface area contributed by atoms with E-state index >= 15 is 0 Å². The van der Waals surface area contributed by atoms with Gasteiger partial charge in [0.1, 0.15) is 12.1 Å². The van der Waals surface area contributed by atoms with E-state index in [0.717, 1.165) is 22.7 Å². The van der Waals surface area contributed by atoms with E-state index in [1.165, 1.54) is 6.33 Å². The van der Waals surface area contributed by atoms with Crippen LogP contribution in [0.3, 0.4) is 0 Å². The van der Waals surface area contributed by atoms with Crippen molar-refractivity contribution in [2.24, 2.45) is 5.10 Å². The van der Waals surface area contributed by atoms with Gasteiger partial charge in [-0.05, 0) is 31.1 Å². The number of aliphatic hydroxyl groups is 2. The van der Waals surface area contributed by atoms with E-state index in [-0.39, 0.29) is 11.9 Å². The van der Waals surface area contributed by atoms with Crippen LogP contribution in [-0.4, -0.2) is 56.9 Å². The van der Waals surface area contributed by atoms with E-state index in [2.05, 4.69) is 40.1 Å². The zero-order valence-corrected chi connectivity index (χ0v) is 18.7. The highest BCUT2D eigenvalue weighted by molar-refractivity contribution is 6.19. The molecule has 1 fully saturated rings. The summed E-state index contributed by atoms with van der Waals surface area (Å²) in [6.45, 7) is 10.3. The van der Waals surface area contributed by atoms with Crippen molar-refractivity contribution >= 4 is 23.9 Å². The van der Waals surface area contributed by atoms with E-state index in [9.17, 15) is 10.2 Å². The van der Waals surface area contributed by atoms with Gasteiger partial charge in [0.15, 0.2) is 0 Å². The molecule has 2 rings (SSSR count). The van der Waals surface area contributed by atoms with Gasteiger partial charge in [-0.2, -0.15) is 5.10 Å². The number of nitrogens with zero attached hydrogens (tertiary/aromatic N) is 4. The maximum absolute atomic E-state index is 9.92. The Morgan fingerprint density at radius 3 is 2.63 bits per heavy atom. The van der Waals surface area contributed by atoms with Crippen molar-refractivity contribution < 1.29 is 10.2 Å². The van der Waals surface area contributed by atoms with Crippen molar-refractivity contribution in [3.8, 4) is 12.8 Å². The zero-order valence-electron chi connectivity index (χ0n) is 17.9. The summed E-state index contributed by atoms with van der Waals surface area (Å²) < 4.78 is 0. The lowest BCUT2D eigenvalue weighted by Crippen LogP contribution is -2.30. The summed E-state index contributed by atoms with van der Waals surface area (Å²) in [5, 5.41) is 23.4. The second-order valence-electron chi connectivity index (χ2n) is 5.98. The van der Waals surface area contributed by atoms with E-state index in [1.807, 2.05) is 24.8 Å². The van der Waals surface area contributed by atoms with Gasteiger partial charge in [0, 0.05) is 43.9 Å². The molecule has 1 aromatic heterocycles. The fraction of sp³-hybridized carbons (Fsp3) is 0.409. The molecule has 1 unspecified atom stereocenters. The molecule has 1 aromatic rings. The summed E-state index contributed by atoms with van der Waals surface area (Å²) in [6.07, 6.45) is 15.4. The minimum absolute atomic E-state index is 0.191. The van der Waals surface area contributed by atoms with Crippen LogP contribution in [0.5, 0.6) is 0 Å². The van der Waals surface area contributed by atoms with Crippen LogP contribution in [0, 0.1) is 12.8 Å². The minimum Gasteiger partial charge on any atom is -0.513 e. The summed E-state index contributed by atoms with van der Waals surface area (Å²) in [4.78, 5) is 10.4. The number of alkyl halides is 1. The van der Waals surface area contributed by atoms with Crippen molar-refractivity contribution in [3.63, 3.8) is 0 Å². The Morgan fingerprint density at radius 2 is 2.17 bits per heavy atom. The van der Waals surface area contributed by atoms with Crippen LogP contribution in [0.2, 0.25) is 0 Å². The van der Waals surface area contributed by atoms with Crippen molar-refractivity contribution in [1.82, 2.24) is 20.3 Å². The van der Waals surface area contributed by atoms with Gasteiger partial charge in [-0.25, -0.2) is 9.97 Å². The van der Waals surface area contributed by atoms with Crippen LogP contribution < -0.4 is 5.43 Å². The standard InChI is InChI=1S/C18H24ClN5O2.C2H6.C2H2/c1-13(25)9-14(3-6-19)10-16(17-4-7-21-12-22-17)18(23-20-2)24-8-5-15(26)11-24;2*1-2/h3-4,7,9,12,15,23,25-26H,2,5-6,8,10-11H2,1H3;1-2H3;1-2H/b13-9+,14-3+,18-16-;;. The Kier molecular flexibility index (Phi) is 14.5. The molecule has 0 bridgehead atoms. The Morgan fingerprint density at radius 1 is 1.47 bits per heavy atom. The second-order valence-corrected chi connectivity index (χ2v) is 6.28. The summed E-state index contributed by atoms with van der Waals surface area (Å²) >= 11 is 5.88. The first-order chi connectivity index (χ1) is 14.5. The SMILES string of the molecule is C#C.C=NN/C(=C(\CC(=C/CCl)/C=C(\C)O)c1ccncn1)N1CCC(O)C1.CC. The fourth-order valence-corrected chi connectivity index (χ4v) is 3.07.